The number of ether oxygens (including phenoxy) is 1. The molecule has 140 valence electrons. The summed E-state index contributed by atoms with van der Waals surface area (Å²) >= 11 is 0. The number of benzene rings is 2. The number of hydrogen-bond donors (Lipinski definition) is 1. The van der Waals surface area contributed by atoms with Gasteiger partial charge in [-0.25, -0.2) is 0 Å². The molecular weight excluding hydrogens is 318 g/mol. The first-order valence-corrected chi connectivity index (χ1v) is 10.2. The van der Waals surface area contributed by atoms with E-state index >= 15 is 0 Å². The van der Waals surface area contributed by atoms with E-state index in [0.29, 0.717) is 0 Å². The highest BCUT2D eigenvalue weighted by atomic mass is 16.5. The van der Waals surface area contributed by atoms with Gasteiger partial charge in [0.1, 0.15) is 5.75 Å². The van der Waals surface area contributed by atoms with Gasteiger partial charge in [0.05, 0.1) is 6.61 Å². The fraction of sp³-hybridized carbons (Fsp3) is 0.500. The molecule has 0 bridgehead atoms. The van der Waals surface area contributed by atoms with E-state index in [0.717, 1.165) is 24.7 Å². The lowest BCUT2D eigenvalue weighted by Crippen LogP contribution is -2.18. The van der Waals surface area contributed by atoms with Gasteiger partial charge in [0.25, 0.3) is 0 Å². The Morgan fingerprint density at radius 1 is 0.923 bits per heavy atom. The van der Waals surface area contributed by atoms with Crippen molar-refractivity contribution in [3.05, 3.63) is 65.7 Å². The molecule has 0 saturated carbocycles. The van der Waals surface area contributed by atoms with E-state index in [2.05, 4.69) is 73.8 Å². The minimum absolute atomic E-state index is 0.00882. The van der Waals surface area contributed by atoms with Crippen LogP contribution in [0.25, 0.3) is 0 Å². The van der Waals surface area contributed by atoms with E-state index in [4.69, 9.17) is 4.74 Å². The molecule has 2 heteroatoms. The summed E-state index contributed by atoms with van der Waals surface area (Å²) in [5.74, 6) is 1.90. The van der Waals surface area contributed by atoms with E-state index in [1.165, 1.54) is 49.9 Å². The molecule has 0 radical (unpaired) electrons. The molecule has 2 aromatic rings. The third kappa shape index (κ3) is 5.11. The average Bonchev–Trinajstić information content (AvgIpc) is 3.19. The van der Waals surface area contributed by atoms with Crippen LogP contribution in [0, 0.1) is 5.92 Å². The van der Waals surface area contributed by atoms with Crippen molar-refractivity contribution in [3.63, 3.8) is 0 Å². The molecule has 0 aromatic heterocycles. The fourth-order valence-electron chi connectivity index (χ4n) is 3.85. The molecule has 2 aromatic carbocycles. The summed E-state index contributed by atoms with van der Waals surface area (Å²) < 4.78 is 5.94. The Hall–Kier alpha value is -1.80. The van der Waals surface area contributed by atoms with Crippen molar-refractivity contribution in [2.45, 2.75) is 51.4 Å². The van der Waals surface area contributed by atoms with Crippen molar-refractivity contribution < 1.29 is 4.74 Å². The van der Waals surface area contributed by atoms with Crippen molar-refractivity contribution in [3.8, 4) is 5.75 Å². The summed E-state index contributed by atoms with van der Waals surface area (Å²) in [6.45, 7) is 7.81. The van der Waals surface area contributed by atoms with Gasteiger partial charge in [0.15, 0.2) is 0 Å². The number of hydrogen-bond acceptors (Lipinski definition) is 2. The molecule has 1 aliphatic rings. The van der Waals surface area contributed by atoms with Crippen LogP contribution < -0.4 is 10.1 Å². The molecule has 1 N–H and O–H groups in total. The molecule has 1 aliphatic heterocycles. The summed E-state index contributed by atoms with van der Waals surface area (Å²) in [6.07, 6.45) is 6.49. The van der Waals surface area contributed by atoms with Crippen LogP contribution in [0.4, 0.5) is 0 Å². The van der Waals surface area contributed by atoms with E-state index in [-0.39, 0.29) is 5.41 Å². The minimum Gasteiger partial charge on any atom is -0.494 e. The summed E-state index contributed by atoms with van der Waals surface area (Å²) in [7, 11) is 0. The molecule has 3 rings (SSSR count). The van der Waals surface area contributed by atoms with Crippen molar-refractivity contribution in [2.24, 2.45) is 5.92 Å². The number of unbranched alkanes of at least 4 members (excludes halogenated alkanes) is 2. The van der Waals surface area contributed by atoms with Crippen molar-refractivity contribution in [1.29, 1.82) is 0 Å². The van der Waals surface area contributed by atoms with Gasteiger partial charge >= 0.3 is 0 Å². The zero-order valence-electron chi connectivity index (χ0n) is 16.3. The molecule has 1 saturated heterocycles. The standard InChI is InChI=1S/C24H33NO/c1-24(2,21-10-6-3-7-11-21)22-12-14-23(15-13-22)26-18-8-4-5-9-20-16-17-25-19-20/h3,6-7,10-15,20,25H,4-5,8-9,16-19H2,1-2H3. The first-order chi connectivity index (χ1) is 12.7. The average molecular weight is 352 g/mol. The van der Waals surface area contributed by atoms with E-state index in [1.807, 2.05) is 0 Å². The second kappa shape index (κ2) is 9.23. The Bertz CT molecular complexity index is 642. The van der Waals surface area contributed by atoms with Crippen LogP contribution in [0.1, 0.15) is 57.1 Å². The van der Waals surface area contributed by atoms with Crippen LogP contribution in [0.2, 0.25) is 0 Å². The Morgan fingerprint density at radius 3 is 2.35 bits per heavy atom. The highest BCUT2D eigenvalue weighted by molar-refractivity contribution is 5.39. The molecule has 1 atom stereocenters. The third-order valence-electron chi connectivity index (χ3n) is 5.76. The Morgan fingerprint density at radius 2 is 1.65 bits per heavy atom. The van der Waals surface area contributed by atoms with Crippen molar-refractivity contribution in [2.75, 3.05) is 19.7 Å². The summed E-state index contributed by atoms with van der Waals surface area (Å²) in [5, 5.41) is 3.45. The third-order valence-corrected chi connectivity index (χ3v) is 5.76. The zero-order valence-corrected chi connectivity index (χ0v) is 16.3. The van der Waals surface area contributed by atoms with E-state index in [9.17, 15) is 0 Å². The van der Waals surface area contributed by atoms with Gasteiger partial charge in [0.2, 0.25) is 0 Å². The predicted molar refractivity (Wildman–Crippen MR) is 110 cm³/mol. The normalized spacial score (nSPS) is 17.4. The SMILES string of the molecule is CC(C)(c1ccccc1)c1ccc(OCCCCCC2CCNC2)cc1. The molecule has 0 amide bonds. The van der Waals surface area contributed by atoms with E-state index < -0.39 is 0 Å². The molecule has 1 unspecified atom stereocenters. The first-order valence-electron chi connectivity index (χ1n) is 10.2. The van der Waals surface area contributed by atoms with Crippen LogP contribution in [-0.2, 0) is 5.41 Å². The number of rotatable bonds is 9. The van der Waals surface area contributed by atoms with Crippen molar-refractivity contribution in [1.82, 2.24) is 5.32 Å². The smallest absolute Gasteiger partial charge is 0.119 e. The van der Waals surface area contributed by atoms with Crippen LogP contribution in [-0.4, -0.2) is 19.7 Å². The quantitative estimate of drug-likeness (QED) is 0.597. The number of nitrogens with one attached hydrogen (secondary N) is 1. The second-order valence-electron chi connectivity index (χ2n) is 8.07. The topological polar surface area (TPSA) is 21.3 Å². The maximum absolute atomic E-state index is 5.94. The molecule has 0 spiro atoms. The predicted octanol–water partition coefficient (Wildman–Crippen LogP) is 5.56. The Labute approximate surface area is 159 Å². The molecule has 26 heavy (non-hydrogen) atoms. The summed E-state index contributed by atoms with van der Waals surface area (Å²) in [5.41, 5.74) is 2.67. The lowest BCUT2D eigenvalue weighted by atomic mass is 9.78. The molecule has 1 heterocycles. The van der Waals surface area contributed by atoms with Crippen LogP contribution >= 0.6 is 0 Å². The van der Waals surface area contributed by atoms with Crippen LogP contribution in [0.15, 0.2) is 54.6 Å². The molecule has 1 fully saturated rings. The minimum atomic E-state index is 0.00882. The largest absolute Gasteiger partial charge is 0.494 e. The van der Waals surface area contributed by atoms with Crippen molar-refractivity contribution >= 4 is 0 Å². The Balaban J connectivity index is 1.41. The second-order valence-corrected chi connectivity index (χ2v) is 8.07. The van der Waals surface area contributed by atoms with Gasteiger partial charge < -0.3 is 10.1 Å². The molecule has 2 nitrogen and oxygen atoms in total. The highest BCUT2D eigenvalue weighted by Crippen LogP contribution is 2.32. The highest BCUT2D eigenvalue weighted by Gasteiger charge is 2.22. The molecular formula is C24H33NO. The van der Waals surface area contributed by atoms with Crippen LogP contribution in [0.3, 0.4) is 0 Å². The first kappa shape index (κ1) is 19.0. The lowest BCUT2D eigenvalue weighted by Gasteiger charge is -2.26. The molecule has 0 aliphatic carbocycles. The van der Waals surface area contributed by atoms with Gasteiger partial charge in [-0.1, -0.05) is 69.2 Å². The van der Waals surface area contributed by atoms with Gasteiger partial charge in [-0.3, -0.25) is 0 Å². The van der Waals surface area contributed by atoms with Gasteiger partial charge in [-0.15, -0.1) is 0 Å². The lowest BCUT2D eigenvalue weighted by molar-refractivity contribution is 0.302. The van der Waals surface area contributed by atoms with Crippen LogP contribution in [0.5, 0.6) is 5.75 Å². The summed E-state index contributed by atoms with van der Waals surface area (Å²) in [4.78, 5) is 0. The zero-order chi connectivity index (χ0) is 18.2. The fourth-order valence-corrected chi connectivity index (χ4v) is 3.85. The maximum Gasteiger partial charge on any atom is 0.119 e. The van der Waals surface area contributed by atoms with E-state index in [1.54, 1.807) is 0 Å². The summed E-state index contributed by atoms with van der Waals surface area (Å²) in [6, 6.07) is 19.3. The Kier molecular flexibility index (Phi) is 6.73. The maximum atomic E-state index is 5.94. The van der Waals surface area contributed by atoms with Gasteiger partial charge in [-0.05, 0) is 61.5 Å². The van der Waals surface area contributed by atoms with Gasteiger partial charge in [0, 0.05) is 5.41 Å². The monoisotopic (exact) mass is 351 g/mol. The van der Waals surface area contributed by atoms with Gasteiger partial charge in [-0.2, -0.15) is 0 Å².